The second-order valence-electron chi connectivity index (χ2n) is 24.1. The summed E-state index contributed by atoms with van der Waals surface area (Å²) in [5.41, 5.74) is 0. The van der Waals surface area contributed by atoms with Crippen molar-refractivity contribution in [2.75, 3.05) is 0 Å². The molecule has 0 aromatic carbocycles. The van der Waals surface area contributed by atoms with Crippen molar-refractivity contribution < 1.29 is 60.0 Å². The summed E-state index contributed by atoms with van der Waals surface area (Å²) in [6.45, 7) is 6.71. The van der Waals surface area contributed by atoms with Gasteiger partial charge in [0.2, 0.25) is 0 Å². The van der Waals surface area contributed by atoms with Gasteiger partial charge in [0.15, 0.2) is 0 Å². The predicted octanol–water partition coefficient (Wildman–Crippen LogP) is 14.7. The fourth-order valence-corrected chi connectivity index (χ4v) is 17.6. The number of carbonyl (C=O) groups is 9. The van der Waals surface area contributed by atoms with Crippen molar-refractivity contribution in [2.45, 2.75) is 366 Å². The van der Waals surface area contributed by atoms with Gasteiger partial charge < -0.3 is 0 Å². The molecule has 86 heavy (non-hydrogen) atoms. The van der Waals surface area contributed by atoms with Crippen LogP contribution in [0.15, 0.2) is 0 Å². The molecule has 18 nitrogen and oxygen atoms in total. The third-order valence-electron chi connectivity index (χ3n) is 16.0. The predicted molar refractivity (Wildman–Crippen MR) is 336 cm³/mol. The monoisotopic (exact) mass is 1610 g/mol. The molecule has 0 aliphatic carbocycles. The van der Waals surface area contributed by atoms with Gasteiger partial charge >= 0.3 is 348 Å². The van der Waals surface area contributed by atoms with Crippen molar-refractivity contribution in [1.82, 2.24) is 16.0 Å². The van der Waals surface area contributed by atoms with Crippen LogP contribution >= 0.6 is 0 Å². The van der Waals surface area contributed by atoms with E-state index in [2.05, 4.69) is 36.7 Å². The van der Waals surface area contributed by atoms with Gasteiger partial charge in [0.25, 0.3) is 0 Å². The Morgan fingerprint density at radius 1 is 0.372 bits per heavy atom. The van der Waals surface area contributed by atoms with Gasteiger partial charge in [-0.3, -0.25) is 0 Å². The molecule has 0 radical (unpaired) electrons. The van der Waals surface area contributed by atoms with Crippen LogP contribution in [0.4, 0.5) is 0 Å². The van der Waals surface area contributed by atoms with E-state index in [1.807, 2.05) is 0 Å². The van der Waals surface area contributed by atoms with Crippen LogP contribution in [0.1, 0.15) is 348 Å². The molecule has 3 atom stereocenters. The fraction of sp³-hybridized carbons (Fsp3) is 0.864. The van der Waals surface area contributed by atoms with Crippen molar-refractivity contribution in [2.24, 2.45) is 0 Å². The molecule has 2 rings (SSSR count). The molecule has 496 valence electrons. The van der Waals surface area contributed by atoms with Crippen LogP contribution < -0.4 is 16.0 Å². The molecule has 2 saturated heterocycles. The third kappa shape index (κ3) is 44.4. The van der Waals surface area contributed by atoms with E-state index in [4.69, 9.17) is 16.9 Å². The molecule has 20 heteroatoms. The van der Waals surface area contributed by atoms with Crippen LogP contribution in [0.3, 0.4) is 0 Å². The molecule has 3 N–H and O–H groups in total. The van der Waals surface area contributed by atoms with Gasteiger partial charge in [0.1, 0.15) is 0 Å². The summed E-state index contributed by atoms with van der Waals surface area (Å²) in [7, 11) is 0. The minimum atomic E-state index is -4.76. The molecular weight excluding hydrogens is 1490 g/mol. The molecule has 2 aliphatic rings. The van der Waals surface area contributed by atoms with E-state index in [-0.39, 0.29) is 19.3 Å². The summed E-state index contributed by atoms with van der Waals surface area (Å²) < 4.78 is 32.1. The topological polar surface area (TPSA) is 245 Å². The zero-order valence-electron chi connectivity index (χ0n) is 53.8. The summed E-state index contributed by atoms with van der Waals surface area (Å²) in [6, 6.07) is -4.45. The third-order valence-corrected chi connectivity index (χ3v) is 24.0. The SMILES string of the molecule is CCCCCCCCCCCCCCCCCC(=O)N[C@H]1CC(=O)[O][Bi]([O]C(=O)C[C@H](NC(=O)CCCCCCCCCCCCCCCCC)C(=O)[O][Bi]2[O]C(=O)C[C@H](NC(=O)CCCCCCCCCCCCCCCCC)C(=O)[O]2)[O]C1=O. The van der Waals surface area contributed by atoms with Crippen LogP contribution in [0.5, 0.6) is 0 Å². The Kier molecular flexibility index (Phi) is 50.5. The molecular formula is C66H117Bi2N3O15. The average molecular weight is 1610 g/mol. The number of hydrogen-bond acceptors (Lipinski definition) is 15. The molecule has 0 unspecified atom stereocenters. The van der Waals surface area contributed by atoms with Crippen LogP contribution in [0.25, 0.3) is 0 Å². The second-order valence-corrected chi connectivity index (χ2v) is 31.9. The van der Waals surface area contributed by atoms with E-state index in [0.717, 1.165) is 77.0 Å². The first kappa shape index (κ1) is 79.1. The Labute approximate surface area is 538 Å². The number of unbranched alkanes of at least 4 members (excludes halogenated alkanes) is 42. The quantitative estimate of drug-likeness (QED) is 0.0379. The van der Waals surface area contributed by atoms with E-state index in [0.29, 0.717) is 19.3 Å². The Hall–Kier alpha value is -3.00. The van der Waals surface area contributed by atoms with E-state index < -0.39 is 137 Å². The van der Waals surface area contributed by atoms with Crippen LogP contribution in [0.2, 0.25) is 0 Å². The Bertz CT molecular complexity index is 1860. The molecule has 0 saturated carbocycles. The summed E-state index contributed by atoms with van der Waals surface area (Å²) in [6.07, 6.45) is 50.9. The maximum absolute atomic E-state index is 13.8. The van der Waals surface area contributed by atoms with Gasteiger partial charge in [-0.2, -0.15) is 0 Å². The Morgan fingerprint density at radius 2 is 0.628 bits per heavy atom. The Morgan fingerprint density at radius 3 is 0.919 bits per heavy atom. The molecule has 3 amide bonds. The van der Waals surface area contributed by atoms with Crippen LogP contribution in [-0.4, -0.2) is 118 Å². The number of amides is 3. The van der Waals surface area contributed by atoms with Gasteiger partial charge in [-0.15, -0.1) is 0 Å². The Balaban J connectivity index is 1.87. The molecule has 0 bridgehead atoms. The normalized spacial score (nSPS) is 16.0. The first-order valence-corrected chi connectivity index (χ1v) is 43.1. The van der Waals surface area contributed by atoms with Gasteiger partial charge in [-0.05, 0) is 0 Å². The van der Waals surface area contributed by atoms with Crippen molar-refractivity contribution in [3.8, 4) is 0 Å². The summed E-state index contributed by atoms with van der Waals surface area (Å²) >= 11 is -9.45. The van der Waals surface area contributed by atoms with Gasteiger partial charge in [0, 0.05) is 0 Å². The number of hydrogen-bond donors (Lipinski definition) is 3. The zero-order chi connectivity index (χ0) is 62.5. The molecule has 0 spiro atoms. The summed E-state index contributed by atoms with van der Waals surface area (Å²) in [5.74, 6) is -7.73. The minimum absolute atomic E-state index is 0.0112. The van der Waals surface area contributed by atoms with Crippen LogP contribution in [0, 0.1) is 0 Å². The average Bonchev–Trinajstić information content (AvgIpc) is 3.74. The van der Waals surface area contributed by atoms with Gasteiger partial charge in [-0.1, -0.05) is 194 Å². The van der Waals surface area contributed by atoms with E-state index in [1.165, 1.54) is 193 Å². The number of nitrogens with one attached hydrogen (secondary N) is 3. The van der Waals surface area contributed by atoms with E-state index >= 15 is 0 Å². The second kappa shape index (κ2) is 54.9. The molecule has 2 fully saturated rings. The molecule has 0 aromatic heterocycles. The summed E-state index contributed by atoms with van der Waals surface area (Å²) in [4.78, 5) is 118. The number of carbonyl (C=O) groups excluding carboxylic acids is 9. The van der Waals surface area contributed by atoms with E-state index in [9.17, 15) is 43.2 Å². The first-order valence-electron chi connectivity index (χ1n) is 34.6. The standard InChI is InChI=1S/3C22H41NO5.2Bi/c3*1-2-3-4-5-6-7-8-9-10-11-12-13-14-15-16-17-20(24)23-19(22(27)28)18-21(25)26;;/h3*19H,2-18H2,1H3,(H,23,24)(H,25,26)(H,27,28);;/q;;;2*+3/p-6/t3*19-;;/m000../s1. The van der Waals surface area contributed by atoms with Crippen molar-refractivity contribution in [3.05, 3.63) is 0 Å². The van der Waals surface area contributed by atoms with E-state index in [1.54, 1.807) is 0 Å². The van der Waals surface area contributed by atoms with Crippen molar-refractivity contribution >= 4 is 99.7 Å². The number of rotatable bonds is 56. The molecule has 2 heterocycles. The van der Waals surface area contributed by atoms with Crippen molar-refractivity contribution in [1.29, 1.82) is 0 Å². The first-order chi connectivity index (χ1) is 41.8. The van der Waals surface area contributed by atoms with Gasteiger partial charge in [-0.25, -0.2) is 0 Å². The van der Waals surface area contributed by atoms with Crippen molar-refractivity contribution in [3.63, 3.8) is 0 Å². The van der Waals surface area contributed by atoms with Crippen LogP contribution in [-0.2, 0) is 60.0 Å². The summed E-state index contributed by atoms with van der Waals surface area (Å²) in [5, 5.41) is 7.60. The fourth-order valence-electron chi connectivity index (χ4n) is 10.7. The zero-order valence-corrected chi connectivity index (χ0v) is 60.8. The maximum atomic E-state index is 13.8. The van der Waals surface area contributed by atoms with Gasteiger partial charge in [0.05, 0.1) is 0 Å². The molecule has 2 aliphatic heterocycles. The molecule has 0 aromatic rings.